The van der Waals surface area contributed by atoms with Crippen molar-refractivity contribution >= 4 is 108 Å². The van der Waals surface area contributed by atoms with Gasteiger partial charge in [0, 0.05) is 0 Å². The predicted octanol–water partition coefficient (Wildman–Crippen LogP) is 7.59. The molecule has 0 heterocycles. The van der Waals surface area contributed by atoms with Gasteiger partial charge in [-0.2, -0.15) is 0 Å². The summed E-state index contributed by atoms with van der Waals surface area (Å²) in [6.07, 6.45) is -0.943. The Bertz CT molecular complexity index is 998. The Morgan fingerprint density at radius 1 is 0.588 bits per heavy atom. The molecule has 0 bridgehead atoms. The van der Waals surface area contributed by atoms with Crippen molar-refractivity contribution in [2.75, 3.05) is 0 Å². The van der Waals surface area contributed by atoms with Crippen molar-refractivity contribution in [3.63, 3.8) is 0 Å². The number of hydrogen-bond acceptors (Lipinski definition) is 7. The maximum Gasteiger partial charge on any atom is 0.519 e. The highest BCUT2D eigenvalue weighted by atomic mass is 127. The van der Waals surface area contributed by atoms with Crippen LogP contribution in [0, 0.1) is 14.3 Å². The van der Waals surface area contributed by atoms with E-state index in [4.69, 9.17) is 18.9 Å². The fourth-order valence-electron chi connectivity index (χ4n) is 2.41. The molecule has 0 aliphatic carbocycles. The molecule has 184 valence electrons. The molecule has 0 aromatic heterocycles. The number of halogens is 4. The van der Waals surface area contributed by atoms with Crippen LogP contribution in [0.2, 0.25) is 0 Å². The van der Waals surface area contributed by atoms with Crippen LogP contribution in [0.1, 0.15) is 62.3 Å². The standard InChI is InChI=1S/C23H22I4O7/c1-22(2,3)33-19(28)11-7-13(24)17(14(25)8-11)31-21(30)32-18-15(26)9-12(10-16(18)27)20(29)34-23(4,5)6/h7-10H,1-6H3. The molecular formula is C23H22I4O7. The molecule has 0 saturated heterocycles. The summed E-state index contributed by atoms with van der Waals surface area (Å²) in [7, 11) is 0. The predicted molar refractivity (Wildman–Crippen MR) is 161 cm³/mol. The maximum atomic E-state index is 12.6. The van der Waals surface area contributed by atoms with E-state index in [0.29, 0.717) is 25.4 Å². The first kappa shape index (κ1) is 29.8. The van der Waals surface area contributed by atoms with Crippen molar-refractivity contribution in [3.05, 3.63) is 49.7 Å². The van der Waals surface area contributed by atoms with Gasteiger partial charge in [0.25, 0.3) is 0 Å². The minimum atomic E-state index is -0.943. The van der Waals surface area contributed by atoms with E-state index < -0.39 is 29.3 Å². The lowest BCUT2D eigenvalue weighted by Crippen LogP contribution is -2.24. The molecular weight excluding hydrogens is 896 g/mol. The van der Waals surface area contributed by atoms with Crippen LogP contribution < -0.4 is 9.47 Å². The molecule has 7 nitrogen and oxygen atoms in total. The largest absolute Gasteiger partial charge is 0.519 e. The Morgan fingerprint density at radius 3 is 1.09 bits per heavy atom. The lowest BCUT2D eigenvalue weighted by Gasteiger charge is -2.20. The molecule has 0 N–H and O–H groups in total. The summed E-state index contributed by atoms with van der Waals surface area (Å²) < 4.78 is 23.9. The number of esters is 2. The second kappa shape index (κ2) is 11.7. The second-order valence-corrected chi connectivity index (χ2v) is 13.6. The van der Waals surface area contributed by atoms with Crippen LogP contribution in [0.5, 0.6) is 11.5 Å². The second-order valence-electron chi connectivity index (χ2n) is 9.00. The number of carbonyl (C=O) groups is 3. The molecule has 0 aliphatic rings. The third-order valence-corrected chi connectivity index (χ3v) is 6.84. The highest BCUT2D eigenvalue weighted by molar-refractivity contribution is 14.1. The van der Waals surface area contributed by atoms with Crippen LogP contribution in [-0.2, 0) is 9.47 Å². The molecule has 0 amide bonds. The van der Waals surface area contributed by atoms with Gasteiger partial charge < -0.3 is 18.9 Å². The van der Waals surface area contributed by atoms with E-state index in [1.54, 1.807) is 65.8 Å². The summed E-state index contributed by atoms with van der Waals surface area (Å²) in [4.78, 5) is 37.3. The Balaban J connectivity index is 2.20. The van der Waals surface area contributed by atoms with Crippen LogP contribution in [0.3, 0.4) is 0 Å². The number of hydrogen-bond donors (Lipinski definition) is 0. The fourth-order valence-corrected chi connectivity index (χ4v) is 6.39. The van der Waals surface area contributed by atoms with Gasteiger partial charge in [0.15, 0.2) is 11.5 Å². The van der Waals surface area contributed by atoms with Gasteiger partial charge in [-0.25, -0.2) is 14.4 Å². The van der Waals surface area contributed by atoms with Gasteiger partial charge in [-0.05, 0) is 156 Å². The lowest BCUT2D eigenvalue weighted by molar-refractivity contribution is 0.00568. The smallest absolute Gasteiger partial charge is 0.456 e. The first-order valence-corrected chi connectivity index (χ1v) is 14.1. The fraction of sp³-hybridized carbons (Fsp3) is 0.348. The van der Waals surface area contributed by atoms with E-state index in [-0.39, 0.29) is 11.5 Å². The minimum Gasteiger partial charge on any atom is -0.456 e. The molecule has 0 unspecified atom stereocenters. The summed E-state index contributed by atoms with van der Waals surface area (Å²) in [6, 6.07) is 6.34. The SMILES string of the molecule is CC(C)(C)OC(=O)c1cc(I)c(OC(=O)Oc2c(I)cc(C(=O)OC(C)(C)C)cc2I)c(I)c1. The number of carbonyl (C=O) groups excluding carboxylic acids is 3. The van der Waals surface area contributed by atoms with Gasteiger partial charge >= 0.3 is 18.1 Å². The summed E-state index contributed by atoms with van der Waals surface area (Å²) in [6.45, 7) is 10.7. The average molecular weight is 918 g/mol. The zero-order chi connectivity index (χ0) is 26.0. The first-order valence-electron chi connectivity index (χ1n) is 9.81. The van der Waals surface area contributed by atoms with Crippen molar-refractivity contribution in [1.82, 2.24) is 0 Å². The highest BCUT2D eigenvalue weighted by Gasteiger charge is 2.24. The Hall–Kier alpha value is -0.430. The molecule has 2 aromatic carbocycles. The van der Waals surface area contributed by atoms with Crippen molar-refractivity contribution in [3.8, 4) is 11.5 Å². The van der Waals surface area contributed by atoms with E-state index in [2.05, 4.69) is 0 Å². The maximum absolute atomic E-state index is 12.6. The van der Waals surface area contributed by atoms with Gasteiger partial charge in [-0.3, -0.25) is 0 Å². The van der Waals surface area contributed by atoms with Crippen LogP contribution in [0.25, 0.3) is 0 Å². The first-order chi connectivity index (χ1) is 15.5. The van der Waals surface area contributed by atoms with Gasteiger partial charge in [-0.15, -0.1) is 0 Å². The Morgan fingerprint density at radius 2 is 0.853 bits per heavy atom. The highest BCUT2D eigenvalue weighted by Crippen LogP contribution is 2.33. The molecule has 0 atom stereocenters. The number of ether oxygens (including phenoxy) is 4. The van der Waals surface area contributed by atoms with Gasteiger partial charge in [0.05, 0.1) is 25.4 Å². The van der Waals surface area contributed by atoms with Crippen molar-refractivity contribution in [2.45, 2.75) is 52.7 Å². The molecule has 0 aliphatic heterocycles. The van der Waals surface area contributed by atoms with E-state index in [0.717, 1.165) is 0 Å². The molecule has 0 saturated carbocycles. The van der Waals surface area contributed by atoms with Crippen LogP contribution in [-0.4, -0.2) is 29.3 Å². The molecule has 0 spiro atoms. The zero-order valence-electron chi connectivity index (χ0n) is 19.2. The monoisotopic (exact) mass is 918 g/mol. The van der Waals surface area contributed by atoms with E-state index in [9.17, 15) is 14.4 Å². The summed E-state index contributed by atoms with van der Waals surface area (Å²) in [5.41, 5.74) is -0.543. The number of rotatable bonds is 4. The third-order valence-electron chi connectivity index (χ3n) is 3.64. The van der Waals surface area contributed by atoms with Crippen molar-refractivity contribution in [2.24, 2.45) is 0 Å². The zero-order valence-corrected chi connectivity index (χ0v) is 27.8. The molecule has 0 fully saturated rings. The van der Waals surface area contributed by atoms with Crippen LogP contribution >= 0.6 is 90.4 Å². The molecule has 2 aromatic rings. The van der Waals surface area contributed by atoms with Gasteiger partial charge in [0.2, 0.25) is 0 Å². The molecule has 34 heavy (non-hydrogen) atoms. The van der Waals surface area contributed by atoms with E-state index in [1.807, 2.05) is 90.4 Å². The Kier molecular flexibility index (Phi) is 10.3. The average Bonchev–Trinajstić information content (AvgIpc) is 2.64. The van der Waals surface area contributed by atoms with Crippen LogP contribution in [0.15, 0.2) is 24.3 Å². The lowest BCUT2D eigenvalue weighted by atomic mass is 10.1. The molecule has 11 heteroatoms. The van der Waals surface area contributed by atoms with Crippen molar-refractivity contribution in [1.29, 1.82) is 0 Å². The molecule has 2 rings (SSSR count). The topological polar surface area (TPSA) is 88.1 Å². The summed E-state index contributed by atoms with van der Waals surface area (Å²) >= 11 is 7.93. The summed E-state index contributed by atoms with van der Waals surface area (Å²) in [5.74, 6) is -0.388. The minimum absolute atomic E-state index is 0.272. The number of benzene rings is 2. The molecule has 0 radical (unpaired) electrons. The van der Waals surface area contributed by atoms with E-state index >= 15 is 0 Å². The normalized spacial score (nSPS) is 11.6. The van der Waals surface area contributed by atoms with Crippen LogP contribution in [0.4, 0.5) is 4.79 Å². The van der Waals surface area contributed by atoms with E-state index in [1.165, 1.54) is 0 Å². The van der Waals surface area contributed by atoms with Gasteiger partial charge in [0.1, 0.15) is 11.2 Å². The van der Waals surface area contributed by atoms with Gasteiger partial charge in [-0.1, -0.05) is 0 Å². The third kappa shape index (κ3) is 8.90. The van der Waals surface area contributed by atoms with Crippen molar-refractivity contribution < 1.29 is 33.3 Å². The summed E-state index contributed by atoms with van der Waals surface area (Å²) in [5, 5.41) is 0. The Labute approximate surface area is 252 Å². The quantitative estimate of drug-likeness (QED) is 0.178.